The van der Waals surface area contributed by atoms with E-state index in [2.05, 4.69) is 4.74 Å². The number of rotatable bonds is 6. The first kappa shape index (κ1) is 26.8. The topological polar surface area (TPSA) is 81.3 Å². The quantitative estimate of drug-likeness (QED) is 0.494. The first-order valence-electron chi connectivity index (χ1n) is 11.0. The molecular formula is C27H26F2N2O4S. The second-order valence-electron chi connectivity index (χ2n) is 9.20. The van der Waals surface area contributed by atoms with Crippen molar-refractivity contribution in [3.05, 3.63) is 72.6 Å². The van der Waals surface area contributed by atoms with Gasteiger partial charge in [0.1, 0.15) is 16.3 Å². The highest BCUT2D eigenvalue weighted by Crippen LogP contribution is 2.29. The van der Waals surface area contributed by atoms with Gasteiger partial charge in [0.15, 0.2) is 17.3 Å². The Bertz CT molecular complexity index is 1540. The Kier molecular flexibility index (Phi) is 7.80. The molecule has 9 heteroatoms. The molecule has 3 aromatic rings. The van der Waals surface area contributed by atoms with E-state index in [1.807, 2.05) is 38.1 Å². The Hall–Kier alpha value is -3.77. The van der Waals surface area contributed by atoms with Crippen molar-refractivity contribution in [2.45, 2.75) is 41.2 Å². The highest BCUT2D eigenvalue weighted by Gasteiger charge is 2.28. The highest BCUT2D eigenvalue weighted by molar-refractivity contribution is 7.07. The molecule has 0 atom stereocenters. The van der Waals surface area contributed by atoms with Crippen LogP contribution in [0.15, 0.2) is 41.2 Å². The number of aromatic nitrogens is 1. The van der Waals surface area contributed by atoms with Crippen LogP contribution in [0.2, 0.25) is 0 Å². The lowest BCUT2D eigenvalue weighted by Gasteiger charge is -2.15. The first-order valence-corrected chi connectivity index (χ1v) is 11.8. The molecule has 6 nitrogen and oxygen atoms in total. The summed E-state index contributed by atoms with van der Waals surface area (Å²) in [4.78, 5) is 26.8. The number of Topliss-reactive ketones (excluding diaryl/α,β-unsaturated/α-hetero) is 1. The number of carbonyl (C=O) groups is 1. The van der Waals surface area contributed by atoms with Crippen LogP contribution in [0.4, 0.5) is 8.78 Å². The summed E-state index contributed by atoms with van der Waals surface area (Å²) < 4.78 is 36.9. The van der Waals surface area contributed by atoms with Crippen molar-refractivity contribution in [3.8, 4) is 23.3 Å². The third-order valence-electron chi connectivity index (χ3n) is 5.36. The molecule has 0 unspecified atom stereocenters. The lowest BCUT2D eigenvalue weighted by molar-refractivity contribution is -0.120. The molecule has 0 saturated heterocycles. The van der Waals surface area contributed by atoms with Crippen molar-refractivity contribution < 1.29 is 23.0 Å². The smallest absolute Gasteiger partial charge is 0.387 e. The van der Waals surface area contributed by atoms with E-state index in [1.165, 1.54) is 29.9 Å². The van der Waals surface area contributed by atoms with E-state index in [0.717, 1.165) is 22.5 Å². The molecule has 0 radical (unpaired) electrons. The molecule has 0 aliphatic carbocycles. The number of hydrogen-bond acceptors (Lipinski definition) is 6. The molecule has 36 heavy (non-hydrogen) atoms. The summed E-state index contributed by atoms with van der Waals surface area (Å²) in [6, 6.07) is 11.9. The number of hydrogen-bond donors (Lipinski definition) is 0. The fourth-order valence-electron chi connectivity index (χ4n) is 3.52. The summed E-state index contributed by atoms with van der Waals surface area (Å²) in [6.45, 7) is 5.85. The zero-order chi connectivity index (χ0) is 26.8. The molecule has 2 aromatic carbocycles. The van der Waals surface area contributed by atoms with E-state index in [1.54, 1.807) is 26.8 Å². The zero-order valence-electron chi connectivity index (χ0n) is 20.8. The second-order valence-corrected chi connectivity index (χ2v) is 10.2. The van der Waals surface area contributed by atoms with Crippen LogP contribution < -0.4 is 24.2 Å². The molecule has 0 spiro atoms. The van der Waals surface area contributed by atoms with Crippen molar-refractivity contribution >= 4 is 28.8 Å². The molecule has 0 bridgehead atoms. The number of nitrogens with zero attached hydrogens (tertiary/aromatic N) is 2. The highest BCUT2D eigenvalue weighted by atomic mass is 32.1. The standard InChI is InChI=1S/C27H26F2N2O4S/c1-15-7-8-16(2)19(11-15)31-24(33)22(36-25(31)18(14-30)23(32)27(3,4)5)13-17-9-10-20(35-26(28)29)21(12-17)34-6/h7-13,26H,1-6H3. The van der Waals surface area contributed by atoms with Gasteiger partial charge in [0.05, 0.1) is 17.3 Å². The average Bonchev–Trinajstić information content (AvgIpc) is 3.11. The number of nitriles is 1. The van der Waals surface area contributed by atoms with E-state index >= 15 is 0 Å². The Morgan fingerprint density at radius 2 is 1.83 bits per heavy atom. The van der Waals surface area contributed by atoms with Crippen molar-refractivity contribution in [1.82, 2.24) is 4.57 Å². The lowest BCUT2D eigenvalue weighted by atomic mass is 9.87. The number of aryl methyl sites for hydroxylation is 2. The Morgan fingerprint density at radius 1 is 1.14 bits per heavy atom. The fraction of sp³-hybridized carbons (Fsp3) is 0.296. The van der Waals surface area contributed by atoms with Gasteiger partial charge in [-0.1, -0.05) is 39.0 Å². The number of carbonyl (C=O) groups excluding carboxylic acids is 1. The third kappa shape index (κ3) is 5.55. The molecular weight excluding hydrogens is 486 g/mol. The molecule has 0 N–H and O–H groups in total. The molecule has 1 heterocycles. The largest absolute Gasteiger partial charge is 0.493 e. The monoisotopic (exact) mass is 512 g/mol. The minimum absolute atomic E-state index is 0.0721. The number of halogens is 2. The van der Waals surface area contributed by atoms with Gasteiger partial charge >= 0.3 is 6.61 Å². The predicted octanol–water partition coefficient (Wildman–Crippen LogP) is 4.24. The molecule has 0 amide bonds. The summed E-state index contributed by atoms with van der Waals surface area (Å²) in [5.74, 6) is -0.449. The maximum absolute atomic E-state index is 13.7. The number of methoxy groups -OCH3 is 1. The van der Waals surface area contributed by atoms with E-state index in [4.69, 9.17) is 4.74 Å². The van der Waals surface area contributed by atoms with Gasteiger partial charge in [0, 0.05) is 5.41 Å². The summed E-state index contributed by atoms with van der Waals surface area (Å²) in [5.41, 5.74) is 1.41. The number of thiazole rings is 1. The number of ether oxygens (including phenoxy) is 2. The van der Waals surface area contributed by atoms with Gasteiger partial charge in [-0.15, -0.1) is 11.3 Å². The van der Waals surface area contributed by atoms with Crippen LogP contribution in [0.5, 0.6) is 11.5 Å². The van der Waals surface area contributed by atoms with E-state index in [9.17, 15) is 23.6 Å². The van der Waals surface area contributed by atoms with Gasteiger partial charge in [0.25, 0.3) is 5.56 Å². The maximum Gasteiger partial charge on any atom is 0.387 e. The van der Waals surface area contributed by atoms with E-state index in [-0.39, 0.29) is 32.1 Å². The number of alkyl halides is 2. The zero-order valence-corrected chi connectivity index (χ0v) is 21.6. The third-order valence-corrected chi connectivity index (χ3v) is 6.46. The first-order chi connectivity index (χ1) is 16.9. The SMILES string of the molecule is COc1cc(C=c2sc(=C(C#N)C(=O)C(C)(C)C)n(-c3cc(C)ccc3C)c2=O)ccc1OC(F)F. The Balaban J connectivity index is 2.40. The molecule has 188 valence electrons. The van der Waals surface area contributed by atoms with Crippen molar-refractivity contribution in [3.63, 3.8) is 0 Å². The van der Waals surface area contributed by atoms with Crippen LogP contribution >= 0.6 is 11.3 Å². The van der Waals surface area contributed by atoms with Crippen molar-refractivity contribution in [1.29, 1.82) is 5.26 Å². The summed E-state index contributed by atoms with van der Waals surface area (Å²) in [7, 11) is 1.32. The second kappa shape index (κ2) is 10.5. The fourth-order valence-corrected chi connectivity index (χ4v) is 4.61. The Morgan fingerprint density at radius 3 is 2.42 bits per heavy atom. The van der Waals surface area contributed by atoms with Crippen molar-refractivity contribution in [2.75, 3.05) is 7.11 Å². The number of ketones is 1. The van der Waals surface area contributed by atoms with Crippen molar-refractivity contribution in [2.24, 2.45) is 5.41 Å². The summed E-state index contributed by atoms with van der Waals surface area (Å²) in [6.07, 6.45) is 1.56. The van der Waals surface area contributed by atoms with Crippen LogP contribution in [0.3, 0.4) is 0 Å². The summed E-state index contributed by atoms with van der Waals surface area (Å²) >= 11 is 1.02. The van der Waals surface area contributed by atoms with E-state index in [0.29, 0.717) is 11.3 Å². The molecule has 0 saturated carbocycles. The molecule has 1 aromatic heterocycles. The van der Waals surface area contributed by atoms with Crippen LogP contribution in [-0.2, 0) is 4.79 Å². The van der Waals surface area contributed by atoms with Crippen LogP contribution in [0, 0.1) is 30.6 Å². The van der Waals surface area contributed by atoms with Gasteiger partial charge in [-0.05, 0) is 54.8 Å². The van der Waals surface area contributed by atoms with Crippen LogP contribution in [0.1, 0.15) is 37.5 Å². The molecule has 0 aliphatic heterocycles. The van der Waals surface area contributed by atoms with Gasteiger partial charge in [-0.25, -0.2) is 0 Å². The molecule has 3 rings (SSSR count). The average molecular weight is 513 g/mol. The van der Waals surface area contributed by atoms with Gasteiger partial charge in [-0.2, -0.15) is 14.0 Å². The minimum Gasteiger partial charge on any atom is -0.493 e. The molecule has 0 aliphatic rings. The van der Waals surface area contributed by atoms with Crippen LogP contribution in [0.25, 0.3) is 17.3 Å². The van der Waals surface area contributed by atoms with Gasteiger partial charge < -0.3 is 9.47 Å². The number of benzene rings is 2. The van der Waals surface area contributed by atoms with Crippen LogP contribution in [-0.4, -0.2) is 24.1 Å². The van der Waals surface area contributed by atoms with Gasteiger partial charge in [0.2, 0.25) is 0 Å². The summed E-state index contributed by atoms with van der Waals surface area (Å²) in [5, 5.41) is 9.95. The molecule has 0 fully saturated rings. The maximum atomic E-state index is 13.7. The predicted molar refractivity (Wildman–Crippen MR) is 135 cm³/mol. The lowest BCUT2D eigenvalue weighted by Crippen LogP contribution is -2.33. The normalized spacial score (nSPS) is 12.9. The Labute approximate surface area is 211 Å². The van der Waals surface area contributed by atoms with E-state index < -0.39 is 17.6 Å². The minimum atomic E-state index is -3.02. The van der Waals surface area contributed by atoms with Gasteiger partial charge in [-0.3, -0.25) is 14.2 Å².